The first-order valence-corrected chi connectivity index (χ1v) is 6.33. The number of carbonyl (C=O) groups is 2. The Labute approximate surface area is 124 Å². The fourth-order valence-corrected chi connectivity index (χ4v) is 2.11. The fourth-order valence-electron chi connectivity index (χ4n) is 1.62. The second-order valence-electron chi connectivity index (χ2n) is 4.19. The number of rotatable bonds is 4. The molecule has 4 nitrogen and oxygen atoms in total. The summed E-state index contributed by atoms with van der Waals surface area (Å²) >= 11 is 11.4. The molecule has 20 heavy (non-hydrogen) atoms. The van der Waals surface area contributed by atoms with Gasteiger partial charge < -0.3 is 4.57 Å². The molecule has 0 N–H and O–H groups in total. The van der Waals surface area contributed by atoms with Crippen LogP contribution in [0.1, 0.15) is 27.3 Å². The van der Waals surface area contributed by atoms with Crippen molar-refractivity contribution in [1.82, 2.24) is 9.55 Å². The monoisotopic (exact) mass is 314 g/mol. The van der Waals surface area contributed by atoms with Gasteiger partial charge in [-0.2, -0.15) is 0 Å². The number of aryl methyl sites for hydroxylation is 1. The molecule has 0 aliphatic rings. The maximum Gasteiger partial charge on any atom is 0.190 e. The normalized spacial score (nSPS) is 10.6. The van der Waals surface area contributed by atoms with Gasteiger partial charge in [-0.05, 0) is 12.1 Å². The minimum Gasteiger partial charge on any atom is -0.340 e. The van der Waals surface area contributed by atoms with Crippen LogP contribution in [-0.2, 0) is 7.05 Å². The van der Waals surface area contributed by atoms with Crippen LogP contribution in [0.4, 0.5) is 4.39 Å². The largest absolute Gasteiger partial charge is 0.340 e. The Balaban J connectivity index is 2.20. The molecule has 0 saturated heterocycles. The molecule has 2 rings (SSSR count). The average Bonchev–Trinajstić information content (AvgIpc) is 2.80. The molecule has 1 heterocycles. The highest BCUT2D eigenvalue weighted by molar-refractivity contribution is 6.37. The SMILES string of the molecule is Cn1cnc(C(=O)CC(=O)c2cc(F)c(Cl)cc2Cl)c1. The molecule has 2 aromatic rings. The van der Waals surface area contributed by atoms with Gasteiger partial charge in [0.05, 0.1) is 22.8 Å². The van der Waals surface area contributed by atoms with Gasteiger partial charge >= 0.3 is 0 Å². The lowest BCUT2D eigenvalue weighted by Crippen LogP contribution is -2.10. The third-order valence-corrected chi connectivity index (χ3v) is 3.22. The van der Waals surface area contributed by atoms with Crippen molar-refractivity contribution in [3.05, 3.63) is 51.8 Å². The molecule has 0 aliphatic heterocycles. The predicted octanol–water partition coefficient (Wildman–Crippen LogP) is 3.32. The first-order chi connectivity index (χ1) is 9.38. The first-order valence-electron chi connectivity index (χ1n) is 5.57. The molecule has 1 aromatic carbocycles. The zero-order valence-electron chi connectivity index (χ0n) is 10.4. The maximum atomic E-state index is 13.3. The summed E-state index contributed by atoms with van der Waals surface area (Å²) in [5, 5.41) is -0.169. The molecule has 0 bridgehead atoms. The summed E-state index contributed by atoms with van der Waals surface area (Å²) in [5.74, 6) is -1.80. The van der Waals surface area contributed by atoms with Gasteiger partial charge in [0.15, 0.2) is 11.6 Å². The van der Waals surface area contributed by atoms with Gasteiger partial charge in [0.25, 0.3) is 0 Å². The highest BCUT2D eigenvalue weighted by atomic mass is 35.5. The van der Waals surface area contributed by atoms with Crippen molar-refractivity contribution in [1.29, 1.82) is 0 Å². The van der Waals surface area contributed by atoms with E-state index in [0.29, 0.717) is 0 Å². The van der Waals surface area contributed by atoms with Gasteiger partial charge in [0.2, 0.25) is 0 Å². The number of carbonyl (C=O) groups excluding carboxylic acids is 2. The van der Waals surface area contributed by atoms with Gasteiger partial charge in [-0.25, -0.2) is 9.37 Å². The molecule has 1 aromatic heterocycles. The van der Waals surface area contributed by atoms with Crippen LogP contribution in [0.25, 0.3) is 0 Å². The number of hydrogen-bond donors (Lipinski definition) is 0. The van der Waals surface area contributed by atoms with Gasteiger partial charge in [0, 0.05) is 18.8 Å². The van der Waals surface area contributed by atoms with E-state index in [4.69, 9.17) is 23.2 Å². The Bertz CT molecular complexity index is 698. The van der Waals surface area contributed by atoms with E-state index in [0.717, 1.165) is 12.1 Å². The van der Waals surface area contributed by atoms with E-state index < -0.39 is 23.8 Å². The van der Waals surface area contributed by atoms with Crippen molar-refractivity contribution < 1.29 is 14.0 Å². The number of halogens is 3. The number of benzene rings is 1. The molecule has 0 radical (unpaired) electrons. The Morgan fingerprint density at radius 1 is 1.25 bits per heavy atom. The third kappa shape index (κ3) is 3.05. The molecule has 104 valence electrons. The lowest BCUT2D eigenvalue weighted by molar-refractivity contribution is 0.0891. The molecule has 0 unspecified atom stereocenters. The number of imidazole rings is 1. The van der Waals surface area contributed by atoms with Crippen molar-refractivity contribution in [2.45, 2.75) is 6.42 Å². The summed E-state index contributed by atoms with van der Waals surface area (Å²) in [6.45, 7) is 0. The summed E-state index contributed by atoms with van der Waals surface area (Å²) in [6, 6.07) is 2.07. The molecule has 0 atom stereocenters. The van der Waals surface area contributed by atoms with Crippen molar-refractivity contribution >= 4 is 34.8 Å². The fraction of sp³-hybridized carbons (Fsp3) is 0.154. The van der Waals surface area contributed by atoms with Crippen molar-refractivity contribution in [2.24, 2.45) is 7.05 Å². The number of aromatic nitrogens is 2. The van der Waals surface area contributed by atoms with E-state index in [1.807, 2.05) is 0 Å². The average molecular weight is 315 g/mol. The van der Waals surface area contributed by atoms with E-state index in [1.165, 1.54) is 12.5 Å². The molecule has 0 spiro atoms. The highest BCUT2D eigenvalue weighted by Gasteiger charge is 2.19. The first kappa shape index (κ1) is 14.7. The van der Waals surface area contributed by atoms with E-state index in [2.05, 4.69) is 4.98 Å². The smallest absolute Gasteiger partial charge is 0.190 e. The Hall–Kier alpha value is -1.72. The van der Waals surface area contributed by atoms with Crippen LogP contribution in [0, 0.1) is 5.82 Å². The van der Waals surface area contributed by atoms with Gasteiger partial charge in [-0.15, -0.1) is 0 Å². The number of nitrogens with zero attached hydrogens (tertiary/aromatic N) is 2. The molecule has 0 aliphatic carbocycles. The van der Waals surface area contributed by atoms with E-state index in [1.54, 1.807) is 11.6 Å². The number of Topliss-reactive ketones (excluding diaryl/α,β-unsaturated/α-hetero) is 2. The molecular weight excluding hydrogens is 306 g/mol. The van der Waals surface area contributed by atoms with Crippen LogP contribution < -0.4 is 0 Å². The topological polar surface area (TPSA) is 52.0 Å². The lowest BCUT2D eigenvalue weighted by atomic mass is 10.0. The molecular formula is C13H9Cl2FN2O2. The summed E-state index contributed by atoms with van der Waals surface area (Å²) in [6.07, 6.45) is 2.52. The Morgan fingerprint density at radius 2 is 1.95 bits per heavy atom. The summed E-state index contributed by atoms with van der Waals surface area (Å²) in [7, 11) is 1.71. The van der Waals surface area contributed by atoms with Gasteiger partial charge in [-0.1, -0.05) is 23.2 Å². The molecule has 0 saturated carbocycles. The van der Waals surface area contributed by atoms with E-state index in [9.17, 15) is 14.0 Å². The van der Waals surface area contributed by atoms with Gasteiger partial charge in [0.1, 0.15) is 11.5 Å². The summed E-state index contributed by atoms with van der Waals surface area (Å²) in [4.78, 5) is 27.7. The second-order valence-corrected chi connectivity index (χ2v) is 5.01. The molecule has 7 heteroatoms. The van der Waals surface area contributed by atoms with E-state index in [-0.39, 0.29) is 21.3 Å². The minimum atomic E-state index is -0.760. The standard InChI is InChI=1S/C13H9Cl2FN2O2/c1-18-5-11(17-6-18)13(20)4-12(19)7-2-10(16)9(15)3-8(7)14/h2-3,5-6H,4H2,1H3. The van der Waals surface area contributed by atoms with E-state index >= 15 is 0 Å². The quantitative estimate of drug-likeness (QED) is 0.494. The molecule has 0 amide bonds. The van der Waals surface area contributed by atoms with Crippen LogP contribution in [0.2, 0.25) is 10.0 Å². The van der Waals surface area contributed by atoms with Crippen LogP contribution in [0.3, 0.4) is 0 Å². The van der Waals surface area contributed by atoms with Crippen LogP contribution >= 0.6 is 23.2 Å². The van der Waals surface area contributed by atoms with Gasteiger partial charge in [-0.3, -0.25) is 9.59 Å². The van der Waals surface area contributed by atoms with Crippen LogP contribution in [0.15, 0.2) is 24.7 Å². The number of ketones is 2. The zero-order valence-corrected chi connectivity index (χ0v) is 11.9. The van der Waals surface area contributed by atoms with Crippen LogP contribution in [-0.4, -0.2) is 21.1 Å². The van der Waals surface area contributed by atoms with Crippen LogP contribution in [0.5, 0.6) is 0 Å². The predicted molar refractivity (Wildman–Crippen MR) is 72.9 cm³/mol. The third-order valence-electron chi connectivity index (χ3n) is 2.62. The zero-order chi connectivity index (χ0) is 14.9. The summed E-state index contributed by atoms with van der Waals surface area (Å²) in [5.41, 5.74) is 0.101. The lowest BCUT2D eigenvalue weighted by Gasteiger charge is -2.04. The highest BCUT2D eigenvalue weighted by Crippen LogP contribution is 2.25. The second kappa shape index (κ2) is 5.73. The Morgan fingerprint density at radius 3 is 2.55 bits per heavy atom. The molecule has 0 fully saturated rings. The summed E-state index contributed by atoms with van der Waals surface area (Å²) < 4.78 is 14.9. The minimum absolute atomic E-state index is 0.00946. The van der Waals surface area contributed by atoms with Crippen molar-refractivity contribution in [3.8, 4) is 0 Å². The van der Waals surface area contributed by atoms with Crippen molar-refractivity contribution in [2.75, 3.05) is 0 Å². The number of hydrogen-bond acceptors (Lipinski definition) is 3. The Kier molecular flexibility index (Phi) is 4.20. The van der Waals surface area contributed by atoms with Crippen molar-refractivity contribution in [3.63, 3.8) is 0 Å². The maximum absolute atomic E-state index is 13.3.